The summed E-state index contributed by atoms with van der Waals surface area (Å²) in [4.78, 5) is 0.965. The molecule has 0 bridgehead atoms. The van der Waals surface area contributed by atoms with Gasteiger partial charge < -0.3 is 4.74 Å². The second-order valence-electron chi connectivity index (χ2n) is 4.64. The van der Waals surface area contributed by atoms with Crippen molar-refractivity contribution in [3.05, 3.63) is 36.5 Å². The Labute approximate surface area is 105 Å². The number of hydrogen-bond donors (Lipinski definition) is 1. The molecule has 0 amide bonds. The van der Waals surface area contributed by atoms with E-state index in [1.807, 2.05) is 24.3 Å². The van der Waals surface area contributed by atoms with Crippen molar-refractivity contribution in [3.8, 4) is 5.75 Å². The van der Waals surface area contributed by atoms with Gasteiger partial charge in [-0.3, -0.25) is 0 Å². The Morgan fingerprint density at radius 2 is 1.94 bits per heavy atom. The zero-order chi connectivity index (χ0) is 12.0. The molecule has 0 heterocycles. The SMILES string of the molecule is C=C[Si](C)(C)CCCOc1ccc(S)cc1. The van der Waals surface area contributed by atoms with E-state index in [-0.39, 0.29) is 0 Å². The van der Waals surface area contributed by atoms with Crippen LogP contribution in [-0.4, -0.2) is 14.7 Å². The van der Waals surface area contributed by atoms with Crippen LogP contribution in [0.2, 0.25) is 19.1 Å². The zero-order valence-electron chi connectivity index (χ0n) is 10.1. The lowest BCUT2D eigenvalue weighted by atomic mass is 10.3. The molecule has 0 saturated heterocycles. The van der Waals surface area contributed by atoms with Crippen LogP contribution < -0.4 is 4.74 Å². The highest BCUT2D eigenvalue weighted by Gasteiger charge is 2.14. The number of benzene rings is 1. The molecule has 16 heavy (non-hydrogen) atoms. The lowest BCUT2D eigenvalue weighted by Gasteiger charge is -2.16. The molecule has 88 valence electrons. The molecule has 0 aromatic heterocycles. The van der Waals surface area contributed by atoms with Gasteiger partial charge in [0, 0.05) is 4.90 Å². The van der Waals surface area contributed by atoms with Crippen LogP contribution in [-0.2, 0) is 0 Å². The van der Waals surface area contributed by atoms with Gasteiger partial charge in [0.15, 0.2) is 0 Å². The van der Waals surface area contributed by atoms with E-state index in [1.54, 1.807) is 0 Å². The van der Waals surface area contributed by atoms with Gasteiger partial charge in [0.25, 0.3) is 0 Å². The Kier molecular flexibility index (Phi) is 5.15. The molecule has 1 aromatic carbocycles. The van der Waals surface area contributed by atoms with Crippen LogP contribution >= 0.6 is 12.6 Å². The van der Waals surface area contributed by atoms with E-state index in [1.165, 1.54) is 6.04 Å². The highest BCUT2D eigenvalue weighted by Crippen LogP contribution is 2.16. The molecule has 0 spiro atoms. The maximum atomic E-state index is 5.65. The standard InChI is InChI=1S/C13H20OSSi/c1-4-16(2,3)11-5-10-14-12-6-8-13(15)9-7-12/h4,6-9,15H,1,5,10-11H2,2-3H3. The lowest BCUT2D eigenvalue weighted by molar-refractivity contribution is 0.316. The molecule has 1 aromatic rings. The molecule has 0 N–H and O–H groups in total. The largest absolute Gasteiger partial charge is 0.494 e. The molecule has 0 aliphatic rings. The molecule has 1 nitrogen and oxygen atoms in total. The molecule has 0 radical (unpaired) electrons. The van der Waals surface area contributed by atoms with Crippen molar-refractivity contribution in [1.29, 1.82) is 0 Å². The van der Waals surface area contributed by atoms with Crippen molar-refractivity contribution in [2.75, 3.05) is 6.61 Å². The molecule has 0 atom stereocenters. The molecule has 1 rings (SSSR count). The molecule has 0 aliphatic carbocycles. The van der Waals surface area contributed by atoms with E-state index in [0.717, 1.165) is 23.7 Å². The summed E-state index contributed by atoms with van der Waals surface area (Å²) < 4.78 is 5.65. The first kappa shape index (κ1) is 13.4. The summed E-state index contributed by atoms with van der Waals surface area (Å²) in [5.74, 6) is 0.927. The molecular formula is C13H20OSSi. The van der Waals surface area contributed by atoms with Gasteiger partial charge in [-0.1, -0.05) is 19.1 Å². The van der Waals surface area contributed by atoms with Gasteiger partial charge in [-0.05, 0) is 30.7 Å². The molecule has 0 saturated carbocycles. The number of rotatable bonds is 6. The van der Waals surface area contributed by atoms with Crippen LogP contribution in [0.1, 0.15) is 6.42 Å². The average molecular weight is 252 g/mol. The predicted octanol–water partition coefficient (Wildman–Crippen LogP) is 4.18. The van der Waals surface area contributed by atoms with E-state index < -0.39 is 8.07 Å². The third-order valence-corrected chi connectivity index (χ3v) is 5.67. The number of hydrogen-bond acceptors (Lipinski definition) is 2. The van der Waals surface area contributed by atoms with Crippen LogP contribution in [0, 0.1) is 0 Å². The van der Waals surface area contributed by atoms with E-state index in [2.05, 4.69) is 38.0 Å². The van der Waals surface area contributed by atoms with E-state index >= 15 is 0 Å². The van der Waals surface area contributed by atoms with Crippen LogP contribution in [0.3, 0.4) is 0 Å². The fourth-order valence-corrected chi connectivity index (χ4v) is 2.77. The minimum absolute atomic E-state index is 0.788. The highest BCUT2D eigenvalue weighted by atomic mass is 32.1. The van der Waals surface area contributed by atoms with Gasteiger partial charge in [0.2, 0.25) is 0 Å². The van der Waals surface area contributed by atoms with Crippen molar-refractivity contribution in [3.63, 3.8) is 0 Å². The monoisotopic (exact) mass is 252 g/mol. The quantitative estimate of drug-likeness (QED) is 0.454. The summed E-state index contributed by atoms with van der Waals surface area (Å²) in [5.41, 5.74) is 2.14. The highest BCUT2D eigenvalue weighted by molar-refractivity contribution is 7.80. The summed E-state index contributed by atoms with van der Waals surface area (Å²) in [6.07, 6.45) is 1.11. The fraction of sp³-hybridized carbons (Fsp3) is 0.385. The third-order valence-electron chi connectivity index (χ3n) is 2.62. The second kappa shape index (κ2) is 6.16. The minimum Gasteiger partial charge on any atom is -0.494 e. The maximum absolute atomic E-state index is 5.65. The second-order valence-corrected chi connectivity index (χ2v) is 10.0. The van der Waals surface area contributed by atoms with Gasteiger partial charge >= 0.3 is 0 Å². The van der Waals surface area contributed by atoms with E-state index in [0.29, 0.717) is 0 Å². The third kappa shape index (κ3) is 4.90. The van der Waals surface area contributed by atoms with Crippen molar-refractivity contribution >= 4 is 20.7 Å². The molecular weight excluding hydrogens is 232 g/mol. The Morgan fingerprint density at radius 3 is 2.50 bits per heavy atom. The minimum atomic E-state index is -1.15. The first-order valence-corrected chi connectivity index (χ1v) is 9.32. The van der Waals surface area contributed by atoms with E-state index in [4.69, 9.17) is 4.74 Å². The molecule has 0 unspecified atom stereocenters. The van der Waals surface area contributed by atoms with Crippen molar-refractivity contribution in [2.45, 2.75) is 30.5 Å². The van der Waals surface area contributed by atoms with Crippen LogP contribution in [0.25, 0.3) is 0 Å². The molecule has 0 fully saturated rings. The van der Waals surface area contributed by atoms with E-state index in [9.17, 15) is 0 Å². The maximum Gasteiger partial charge on any atom is 0.119 e. The molecule has 0 aliphatic heterocycles. The van der Waals surface area contributed by atoms with Crippen LogP contribution in [0.15, 0.2) is 41.4 Å². The van der Waals surface area contributed by atoms with Gasteiger partial charge in [-0.25, -0.2) is 0 Å². The van der Waals surface area contributed by atoms with Gasteiger partial charge in [-0.2, -0.15) is 0 Å². The fourth-order valence-electron chi connectivity index (χ4n) is 1.36. The summed E-state index contributed by atoms with van der Waals surface area (Å²) >= 11 is 4.23. The smallest absolute Gasteiger partial charge is 0.119 e. The topological polar surface area (TPSA) is 9.23 Å². The first-order valence-electron chi connectivity index (χ1n) is 5.59. The summed E-state index contributed by atoms with van der Waals surface area (Å²) in [5, 5.41) is 0. The Hall–Kier alpha value is -0.673. The van der Waals surface area contributed by atoms with Crippen molar-refractivity contribution in [2.24, 2.45) is 0 Å². The lowest BCUT2D eigenvalue weighted by Crippen LogP contribution is -2.22. The van der Waals surface area contributed by atoms with Crippen molar-refractivity contribution < 1.29 is 4.74 Å². The number of ether oxygens (including phenoxy) is 1. The summed E-state index contributed by atoms with van der Waals surface area (Å²) in [6.45, 7) is 9.34. The van der Waals surface area contributed by atoms with Crippen molar-refractivity contribution in [1.82, 2.24) is 0 Å². The Morgan fingerprint density at radius 1 is 1.31 bits per heavy atom. The van der Waals surface area contributed by atoms with Gasteiger partial charge in [0.1, 0.15) is 5.75 Å². The Bertz CT molecular complexity index is 332. The predicted molar refractivity (Wildman–Crippen MR) is 76.3 cm³/mol. The van der Waals surface area contributed by atoms with Gasteiger partial charge in [0.05, 0.1) is 14.7 Å². The zero-order valence-corrected chi connectivity index (χ0v) is 12.0. The first-order chi connectivity index (χ1) is 7.53. The summed E-state index contributed by atoms with van der Waals surface area (Å²) in [7, 11) is -1.15. The van der Waals surface area contributed by atoms with Gasteiger partial charge in [-0.15, -0.1) is 24.9 Å². The van der Waals surface area contributed by atoms with Crippen LogP contribution in [0.4, 0.5) is 0 Å². The van der Waals surface area contributed by atoms with Crippen LogP contribution in [0.5, 0.6) is 5.75 Å². The Balaban J connectivity index is 2.26. The number of thiol groups is 1. The summed E-state index contributed by atoms with van der Waals surface area (Å²) in [6, 6.07) is 9.04. The average Bonchev–Trinajstić information content (AvgIpc) is 2.27. The molecule has 3 heteroatoms. The normalized spacial score (nSPS) is 11.2.